The van der Waals surface area contributed by atoms with Crippen LogP contribution in [-0.2, 0) is 20.9 Å². The van der Waals surface area contributed by atoms with Crippen molar-refractivity contribution >= 4 is 17.9 Å². The number of rotatable bonds is 5. The molecule has 0 saturated heterocycles. The summed E-state index contributed by atoms with van der Waals surface area (Å²) in [7, 11) is 0. The molecule has 0 aliphatic heterocycles. The molecular weight excluding hydrogens is 356 g/mol. The lowest BCUT2D eigenvalue weighted by Crippen LogP contribution is -2.49. The molecule has 0 saturated carbocycles. The van der Waals surface area contributed by atoms with E-state index in [0.717, 1.165) is 4.68 Å². The minimum absolute atomic E-state index is 0.0602. The maximum Gasteiger partial charge on any atom is 0.437 e. The second-order valence-corrected chi connectivity index (χ2v) is 6.61. The number of nitrogens with one attached hydrogen (secondary N) is 2. The lowest BCUT2D eigenvalue weighted by molar-refractivity contribution is -0.149. The molecule has 0 spiro atoms. The number of amides is 3. The predicted octanol–water partition coefficient (Wildman–Crippen LogP) is 0.671. The smallest absolute Gasteiger partial charge is 0.437 e. The van der Waals surface area contributed by atoms with Crippen LogP contribution in [0.25, 0.3) is 11.5 Å². The Bertz CT molecular complexity index is 879. The van der Waals surface area contributed by atoms with Crippen LogP contribution in [0.5, 0.6) is 0 Å². The van der Waals surface area contributed by atoms with Gasteiger partial charge in [0, 0.05) is 11.1 Å². The molecule has 2 rings (SSSR count). The minimum atomic E-state index is -0.878. The van der Waals surface area contributed by atoms with E-state index in [2.05, 4.69) is 10.4 Å². The summed E-state index contributed by atoms with van der Waals surface area (Å²) in [4.78, 5) is 46.7. The Hall–Kier alpha value is -3.43. The molecule has 0 aliphatic carbocycles. The molecule has 3 amide bonds. The molecule has 10 heteroatoms. The van der Waals surface area contributed by atoms with E-state index in [1.807, 2.05) is 5.32 Å². The van der Waals surface area contributed by atoms with Crippen molar-refractivity contribution in [2.24, 2.45) is 0 Å². The first-order chi connectivity index (χ1) is 12.6. The fourth-order valence-corrected chi connectivity index (χ4v) is 1.95. The van der Waals surface area contributed by atoms with Gasteiger partial charge in [-0.3, -0.25) is 14.9 Å². The molecule has 0 bridgehead atoms. The Labute approximate surface area is 154 Å². The maximum absolute atomic E-state index is 11.8. The van der Waals surface area contributed by atoms with Crippen molar-refractivity contribution in [2.75, 3.05) is 6.61 Å². The number of hydrogen-bond acceptors (Lipinski definition) is 7. The number of ether oxygens (including phenoxy) is 1. The van der Waals surface area contributed by atoms with Gasteiger partial charge in [-0.25, -0.2) is 9.59 Å². The Morgan fingerprint density at radius 3 is 2.48 bits per heavy atom. The van der Waals surface area contributed by atoms with Gasteiger partial charge in [0.05, 0.1) is 0 Å². The van der Waals surface area contributed by atoms with Gasteiger partial charge >= 0.3 is 17.8 Å². The third kappa shape index (κ3) is 6.42. The van der Waals surface area contributed by atoms with Gasteiger partial charge in [-0.05, 0) is 32.9 Å². The number of urea groups is 1. The maximum atomic E-state index is 11.8. The summed E-state index contributed by atoms with van der Waals surface area (Å²) in [5, 5.41) is 8.46. The Balaban J connectivity index is 1.86. The van der Waals surface area contributed by atoms with Crippen LogP contribution >= 0.6 is 0 Å². The van der Waals surface area contributed by atoms with E-state index in [0.29, 0.717) is 5.56 Å². The average Bonchev–Trinajstić information content (AvgIpc) is 2.93. The van der Waals surface area contributed by atoms with Gasteiger partial charge in [0.2, 0.25) is 5.89 Å². The van der Waals surface area contributed by atoms with E-state index in [4.69, 9.17) is 9.15 Å². The SMILES string of the molecule is CC(C)(C)NC(=O)NC(=O)COC(=O)Cn1nc(-c2ccccc2)oc1=O. The second kappa shape index (κ2) is 8.30. The fraction of sp³-hybridized carbons (Fsp3) is 0.353. The van der Waals surface area contributed by atoms with Gasteiger partial charge in [-0.1, -0.05) is 18.2 Å². The van der Waals surface area contributed by atoms with E-state index in [9.17, 15) is 19.2 Å². The van der Waals surface area contributed by atoms with Crippen LogP contribution in [0.1, 0.15) is 20.8 Å². The molecule has 0 atom stereocenters. The van der Waals surface area contributed by atoms with Crippen LogP contribution < -0.4 is 16.4 Å². The highest BCUT2D eigenvalue weighted by Gasteiger charge is 2.18. The monoisotopic (exact) mass is 376 g/mol. The minimum Gasteiger partial charge on any atom is -0.454 e. The zero-order valence-corrected chi connectivity index (χ0v) is 15.1. The third-order valence-corrected chi connectivity index (χ3v) is 3.01. The number of imide groups is 1. The van der Waals surface area contributed by atoms with Crippen LogP contribution in [0.3, 0.4) is 0 Å². The van der Waals surface area contributed by atoms with Gasteiger partial charge in [0.15, 0.2) is 6.61 Å². The summed E-state index contributed by atoms with van der Waals surface area (Å²) in [6.45, 7) is 4.04. The van der Waals surface area contributed by atoms with E-state index in [1.54, 1.807) is 51.1 Å². The zero-order valence-electron chi connectivity index (χ0n) is 15.1. The summed E-state index contributed by atoms with van der Waals surface area (Å²) in [6.07, 6.45) is 0. The number of hydrogen-bond donors (Lipinski definition) is 2. The highest BCUT2D eigenvalue weighted by atomic mass is 16.5. The fourth-order valence-electron chi connectivity index (χ4n) is 1.95. The van der Waals surface area contributed by atoms with Crippen LogP contribution in [0.15, 0.2) is 39.5 Å². The molecule has 27 heavy (non-hydrogen) atoms. The molecule has 1 aromatic heterocycles. The van der Waals surface area contributed by atoms with Crippen LogP contribution in [-0.4, -0.2) is 39.8 Å². The number of carbonyl (C=O) groups excluding carboxylic acids is 3. The summed E-state index contributed by atoms with van der Waals surface area (Å²) in [5.74, 6) is -2.45. The molecule has 1 aromatic carbocycles. The highest BCUT2D eigenvalue weighted by molar-refractivity contribution is 5.95. The molecular formula is C17H20N4O6. The first kappa shape index (κ1) is 19.9. The second-order valence-electron chi connectivity index (χ2n) is 6.61. The summed E-state index contributed by atoms with van der Waals surface area (Å²) >= 11 is 0. The predicted molar refractivity (Wildman–Crippen MR) is 93.6 cm³/mol. The summed E-state index contributed by atoms with van der Waals surface area (Å²) in [5.41, 5.74) is 0.0528. The number of benzene rings is 1. The molecule has 0 radical (unpaired) electrons. The number of esters is 1. The van der Waals surface area contributed by atoms with Crippen molar-refractivity contribution in [3.05, 3.63) is 40.9 Å². The Kier molecular flexibility index (Phi) is 6.11. The molecule has 2 N–H and O–H groups in total. The summed E-state index contributed by atoms with van der Waals surface area (Å²) < 4.78 is 10.5. The van der Waals surface area contributed by atoms with E-state index in [1.165, 1.54) is 0 Å². The lowest BCUT2D eigenvalue weighted by atomic mass is 10.1. The average molecular weight is 376 g/mol. The first-order valence-corrected chi connectivity index (χ1v) is 8.05. The molecule has 1 heterocycles. The largest absolute Gasteiger partial charge is 0.454 e. The van der Waals surface area contributed by atoms with Crippen molar-refractivity contribution in [1.29, 1.82) is 0 Å². The number of aromatic nitrogens is 2. The molecule has 144 valence electrons. The van der Waals surface area contributed by atoms with Crippen LogP contribution in [0.4, 0.5) is 4.79 Å². The third-order valence-electron chi connectivity index (χ3n) is 3.01. The molecule has 2 aromatic rings. The van der Waals surface area contributed by atoms with Crippen molar-refractivity contribution in [3.63, 3.8) is 0 Å². The van der Waals surface area contributed by atoms with Crippen LogP contribution in [0.2, 0.25) is 0 Å². The van der Waals surface area contributed by atoms with Crippen LogP contribution in [0, 0.1) is 0 Å². The lowest BCUT2D eigenvalue weighted by Gasteiger charge is -2.20. The number of carbonyl (C=O) groups is 3. The van der Waals surface area contributed by atoms with E-state index in [-0.39, 0.29) is 5.89 Å². The Morgan fingerprint density at radius 1 is 1.19 bits per heavy atom. The summed E-state index contributed by atoms with van der Waals surface area (Å²) in [6, 6.07) is 7.97. The van der Waals surface area contributed by atoms with Crippen molar-refractivity contribution in [3.8, 4) is 11.5 Å². The molecule has 0 aliphatic rings. The van der Waals surface area contributed by atoms with Gasteiger partial charge in [-0.15, -0.1) is 5.10 Å². The molecule has 0 unspecified atom stereocenters. The molecule has 10 nitrogen and oxygen atoms in total. The Morgan fingerprint density at radius 2 is 1.85 bits per heavy atom. The van der Waals surface area contributed by atoms with Crippen molar-refractivity contribution < 1.29 is 23.5 Å². The molecule has 0 fully saturated rings. The van der Waals surface area contributed by atoms with Gasteiger partial charge in [0.1, 0.15) is 6.54 Å². The first-order valence-electron chi connectivity index (χ1n) is 8.05. The standard InChI is InChI=1S/C17H20N4O6/c1-17(2,3)19-15(24)18-12(22)10-26-13(23)9-21-16(25)27-14(20-21)11-7-5-4-6-8-11/h4-8H,9-10H2,1-3H3,(H2,18,19,22,24). The number of nitrogens with zero attached hydrogens (tertiary/aromatic N) is 2. The zero-order chi connectivity index (χ0) is 20.0. The topological polar surface area (TPSA) is 133 Å². The van der Waals surface area contributed by atoms with E-state index >= 15 is 0 Å². The van der Waals surface area contributed by atoms with Gasteiger partial charge < -0.3 is 14.5 Å². The van der Waals surface area contributed by atoms with Gasteiger partial charge in [-0.2, -0.15) is 4.68 Å². The van der Waals surface area contributed by atoms with E-state index < -0.39 is 42.4 Å². The van der Waals surface area contributed by atoms with Crippen molar-refractivity contribution in [2.45, 2.75) is 32.9 Å². The van der Waals surface area contributed by atoms with Crippen molar-refractivity contribution in [1.82, 2.24) is 20.4 Å². The quantitative estimate of drug-likeness (QED) is 0.733. The van der Waals surface area contributed by atoms with Gasteiger partial charge in [0.25, 0.3) is 5.91 Å². The highest BCUT2D eigenvalue weighted by Crippen LogP contribution is 2.13. The normalized spacial score (nSPS) is 10.9.